The summed E-state index contributed by atoms with van der Waals surface area (Å²) in [6.45, 7) is 0. The number of halogens is 2. The zero-order valence-corrected chi connectivity index (χ0v) is 10.0. The van der Waals surface area contributed by atoms with E-state index in [0.717, 1.165) is 24.1 Å². The van der Waals surface area contributed by atoms with Crippen LogP contribution in [0.15, 0.2) is 36.7 Å². The third-order valence-electron chi connectivity index (χ3n) is 2.95. The zero-order chi connectivity index (χ0) is 13.2. The van der Waals surface area contributed by atoms with Crippen molar-refractivity contribution in [1.29, 1.82) is 0 Å². The molecule has 0 unspecified atom stereocenters. The highest BCUT2D eigenvalue weighted by atomic mass is 19.2. The lowest BCUT2D eigenvalue weighted by molar-refractivity contribution is 0.510. The van der Waals surface area contributed by atoms with E-state index in [2.05, 4.69) is 15.0 Å². The minimum atomic E-state index is -0.877. The monoisotopic (exact) mass is 259 g/mol. The van der Waals surface area contributed by atoms with E-state index in [1.807, 2.05) is 12.1 Å². The highest BCUT2D eigenvalue weighted by molar-refractivity contribution is 5.75. The Morgan fingerprint density at radius 3 is 2.74 bits per heavy atom. The molecule has 3 aromatic rings. The highest BCUT2D eigenvalue weighted by Crippen LogP contribution is 2.17. The lowest BCUT2D eigenvalue weighted by Gasteiger charge is -1.97. The average molecular weight is 259 g/mol. The van der Waals surface area contributed by atoms with E-state index in [1.165, 1.54) is 0 Å². The van der Waals surface area contributed by atoms with Crippen LogP contribution in [-0.4, -0.2) is 15.0 Å². The molecule has 0 fully saturated rings. The van der Waals surface area contributed by atoms with Gasteiger partial charge in [-0.2, -0.15) is 0 Å². The number of rotatable bonds is 3. The number of nitrogens with one attached hydrogen (secondary N) is 1. The molecule has 19 heavy (non-hydrogen) atoms. The number of hydrogen-bond acceptors (Lipinski definition) is 2. The van der Waals surface area contributed by atoms with Crippen LogP contribution >= 0.6 is 0 Å². The summed E-state index contributed by atoms with van der Waals surface area (Å²) < 4.78 is 26.1. The first-order valence-electron chi connectivity index (χ1n) is 5.95. The molecule has 2 heterocycles. The molecule has 0 amide bonds. The first kappa shape index (κ1) is 11.8. The van der Waals surface area contributed by atoms with E-state index in [0.29, 0.717) is 23.3 Å². The van der Waals surface area contributed by atoms with Crippen LogP contribution in [0.1, 0.15) is 11.4 Å². The third kappa shape index (κ3) is 2.45. The number of aromatic nitrogens is 3. The van der Waals surface area contributed by atoms with Crippen molar-refractivity contribution in [3.05, 3.63) is 59.7 Å². The fourth-order valence-electron chi connectivity index (χ4n) is 1.98. The quantitative estimate of drug-likeness (QED) is 0.785. The molecule has 0 atom stereocenters. The number of benzene rings is 1. The summed E-state index contributed by atoms with van der Waals surface area (Å²) in [7, 11) is 0. The molecule has 0 spiro atoms. The van der Waals surface area contributed by atoms with E-state index < -0.39 is 11.6 Å². The summed E-state index contributed by atoms with van der Waals surface area (Å²) in [5.74, 6) is -1.03. The van der Waals surface area contributed by atoms with Gasteiger partial charge in [-0.3, -0.25) is 4.98 Å². The van der Waals surface area contributed by atoms with Crippen molar-refractivity contribution in [2.24, 2.45) is 0 Å². The van der Waals surface area contributed by atoms with E-state index >= 15 is 0 Å². The Morgan fingerprint density at radius 2 is 1.95 bits per heavy atom. The third-order valence-corrected chi connectivity index (χ3v) is 2.95. The molecule has 1 N–H and O–H groups in total. The van der Waals surface area contributed by atoms with Gasteiger partial charge in [0.25, 0.3) is 0 Å². The molecule has 0 radical (unpaired) electrons. The fourth-order valence-corrected chi connectivity index (χ4v) is 1.98. The van der Waals surface area contributed by atoms with Gasteiger partial charge in [-0.05, 0) is 18.1 Å². The second-order valence-corrected chi connectivity index (χ2v) is 4.33. The van der Waals surface area contributed by atoms with Crippen LogP contribution in [0.25, 0.3) is 11.0 Å². The molecule has 0 bridgehead atoms. The van der Waals surface area contributed by atoms with E-state index in [9.17, 15) is 8.78 Å². The molecule has 3 rings (SSSR count). The lowest BCUT2D eigenvalue weighted by Crippen LogP contribution is -1.93. The maximum absolute atomic E-state index is 13.1. The predicted octanol–water partition coefficient (Wildman–Crippen LogP) is 3.02. The molecule has 0 aliphatic rings. The number of aryl methyl sites for hydroxylation is 2. The van der Waals surface area contributed by atoms with Crippen molar-refractivity contribution in [3.63, 3.8) is 0 Å². The number of imidazole rings is 1. The van der Waals surface area contributed by atoms with Gasteiger partial charge in [-0.15, -0.1) is 0 Å². The van der Waals surface area contributed by atoms with Crippen molar-refractivity contribution in [2.45, 2.75) is 12.8 Å². The van der Waals surface area contributed by atoms with Crippen LogP contribution in [0, 0.1) is 11.6 Å². The molecule has 96 valence electrons. The second-order valence-electron chi connectivity index (χ2n) is 4.33. The van der Waals surface area contributed by atoms with Gasteiger partial charge in [0.2, 0.25) is 0 Å². The van der Waals surface area contributed by atoms with Crippen LogP contribution in [0.3, 0.4) is 0 Å². The molecular formula is C14H11F2N3. The van der Waals surface area contributed by atoms with Gasteiger partial charge in [-0.25, -0.2) is 13.8 Å². The summed E-state index contributed by atoms with van der Waals surface area (Å²) in [6, 6.07) is 6.09. The number of H-pyrrole nitrogens is 1. The summed E-state index contributed by atoms with van der Waals surface area (Å²) in [4.78, 5) is 11.3. The molecule has 1 aromatic carbocycles. The van der Waals surface area contributed by atoms with Gasteiger partial charge in [0.05, 0.1) is 11.0 Å². The van der Waals surface area contributed by atoms with Gasteiger partial charge >= 0.3 is 0 Å². The molecule has 0 aliphatic heterocycles. The summed E-state index contributed by atoms with van der Waals surface area (Å²) in [5.41, 5.74) is 2.06. The van der Waals surface area contributed by atoms with Crippen molar-refractivity contribution >= 4 is 11.0 Å². The number of fused-ring (bicyclic) bond motifs is 1. The van der Waals surface area contributed by atoms with Crippen molar-refractivity contribution in [2.75, 3.05) is 0 Å². The number of aromatic amines is 1. The lowest BCUT2D eigenvalue weighted by atomic mass is 10.1. The maximum Gasteiger partial charge on any atom is 0.161 e. The second kappa shape index (κ2) is 4.76. The average Bonchev–Trinajstić information content (AvgIpc) is 2.80. The Morgan fingerprint density at radius 1 is 1.11 bits per heavy atom. The molecule has 0 saturated heterocycles. The number of hydrogen-bond donors (Lipinski definition) is 1. The van der Waals surface area contributed by atoms with Gasteiger partial charge in [0.1, 0.15) is 5.82 Å². The highest BCUT2D eigenvalue weighted by Gasteiger charge is 2.08. The van der Waals surface area contributed by atoms with Gasteiger partial charge in [-0.1, -0.05) is 6.07 Å². The molecular weight excluding hydrogens is 248 g/mol. The number of nitrogens with zero attached hydrogens (tertiary/aromatic N) is 2. The standard InChI is InChI=1S/C14H11F2N3/c15-10-6-12-13(7-11(10)16)19-14(18-12)4-3-9-2-1-5-17-8-9/h1-2,5-8H,3-4H2,(H,18,19). The Hall–Kier alpha value is -2.30. The first-order chi connectivity index (χ1) is 9.22. The number of pyridine rings is 1. The fraction of sp³-hybridized carbons (Fsp3) is 0.143. The first-order valence-corrected chi connectivity index (χ1v) is 5.95. The molecule has 5 heteroatoms. The predicted molar refractivity (Wildman–Crippen MR) is 67.7 cm³/mol. The SMILES string of the molecule is Fc1cc2nc(CCc3cccnc3)[nH]c2cc1F. The Kier molecular flexibility index (Phi) is 2.95. The van der Waals surface area contributed by atoms with Crippen LogP contribution < -0.4 is 0 Å². The smallest absolute Gasteiger partial charge is 0.161 e. The summed E-state index contributed by atoms with van der Waals surface area (Å²) in [6.07, 6.45) is 4.96. The largest absolute Gasteiger partial charge is 0.342 e. The Balaban J connectivity index is 1.82. The van der Waals surface area contributed by atoms with E-state index in [1.54, 1.807) is 12.4 Å². The van der Waals surface area contributed by atoms with Gasteiger partial charge < -0.3 is 4.98 Å². The maximum atomic E-state index is 13.1. The van der Waals surface area contributed by atoms with Crippen molar-refractivity contribution < 1.29 is 8.78 Å². The van der Waals surface area contributed by atoms with Crippen LogP contribution in [-0.2, 0) is 12.8 Å². The van der Waals surface area contributed by atoms with Gasteiger partial charge in [0, 0.05) is 30.9 Å². The molecule has 2 aromatic heterocycles. The van der Waals surface area contributed by atoms with Crippen LogP contribution in [0.2, 0.25) is 0 Å². The van der Waals surface area contributed by atoms with E-state index in [4.69, 9.17) is 0 Å². The zero-order valence-electron chi connectivity index (χ0n) is 10.0. The molecule has 0 saturated carbocycles. The normalized spacial score (nSPS) is 11.1. The van der Waals surface area contributed by atoms with Gasteiger partial charge in [0.15, 0.2) is 11.6 Å². The van der Waals surface area contributed by atoms with Crippen LogP contribution in [0.5, 0.6) is 0 Å². The minimum absolute atomic E-state index is 0.445. The summed E-state index contributed by atoms with van der Waals surface area (Å²) in [5, 5.41) is 0. The summed E-state index contributed by atoms with van der Waals surface area (Å²) >= 11 is 0. The minimum Gasteiger partial charge on any atom is -0.342 e. The topological polar surface area (TPSA) is 41.6 Å². The molecule has 3 nitrogen and oxygen atoms in total. The Bertz CT molecular complexity index is 668. The van der Waals surface area contributed by atoms with Crippen LogP contribution in [0.4, 0.5) is 8.78 Å². The van der Waals surface area contributed by atoms with E-state index in [-0.39, 0.29) is 0 Å². The van der Waals surface area contributed by atoms with Crippen molar-refractivity contribution in [3.8, 4) is 0 Å². The Labute approximate surface area is 108 Å². The van der Waals surface area contributed by atoms with Crippen molar-refractivity contribution in [1.82, 2.24) is 15.0 Å². The molecule has 0 aliphatic carbocycles.